The van der Waals surface area contributed by atoms with Gasteiger partial charge in [-0.15, -0.1) is 0 Å². The van der Waals surface area contributed by atoms with E-state index in [9.17, 15) is 23.2 Å². The number of Topliss-reactive ketones (excluding diaryl/α,β-unsaturated/α-hetero) is 1. The molecular formula is C21H20F2N4O3. The lowest BCUT2D eigenvalue weighted by atomic mass is 9.80. The minimum atomic E-state index is -2.83. The fourth-order valence-electron chi connectivity index (χ4n) is 3.87. The zero-order valence-electron chi connectivity index (χ0n) is 16.3. The Morgan fingerprint density at radius 3 is 2.40 bits per heavy atom. The third kappa shape index (κ3) is 3.67. The SMILES string of the molecule is Cc1cncc(-c2ccc(C(=O)CN3C(=O)NC4(CCC(F)(F)CC4)C3=O)cc2)n1. The summed E-state index contributed by atoms with van der Waals surface area (Å²) in [4.78, 5) is 47.0. The van der Waals surface area contributed by atoms with Crippen LogP contribution in [-0.4, -0.2) is 50.6 Å². The van der Waals surface area contributed by atoms with E-state index in [1.807, 2.05) is 6.92 Å². The van der Waals surface area contributed by atoms with Crippen molar-refractivity contribution in [1.82, 2.24) is 20.2 Å². The highest BCUT2D eigenvalue weighted by Gasteiger charge is 2.55. The Kier molecular flexibility index (Phi) is 4.83. The van der Waals surface area contributed by atoms with E-state index < -0.39 is 48.6 Å². The number of ketones is 1. The molecule has 4 rings (SSSR count). The minimum absolute atomic E-state index is 0.137. The maximum Gasteiger partial charge on any atom is 0.325 e. The minimum Gasteiger partial charge on any atom is -0.323 e. The second-order valence-electron chi connectivity index (χ2n) is 7.81. The van der Waals surface area contributed by atoms with Gasteiger partial charge in [-0.3, -0.25) is 19.5 Å². The van der Waals surface area contributed by atoms with Gasteiger partial charge in [-0.05, 0) is 19.8 Å². The molecule has 0 unspecified atom stereocenters. The zero-order valence-corrected chi connectivity index (χ0v) is 16.3. The molecule has 9 heteroatoms. The number of hydrogen-bond acceptors (Lipinski definition) is 5. The van der Waals surface area contributed by atoms with Crippen molar-refractivity contribution in [2.75, 3.05) is 6.54 Å². The van der Waals surface area contributed by atoms with E-state index in [-0.39, 0.29) is 12.8 Å². The molecule has 1 spiro atoms. The summed E-state index contributed by atoms with van der Waals surface area (Å²) in [7, 11) is 0. The molecule has 2 fully saturated rings. The van der Waals surface area contributed by atoms with Gasteiger partial charge in [0, 0.05) is 30.2 Å². The van der Waals surface area contributed by atoms with Crippen molar-refractivity contribution in [3.8, 4) is 11.3 Å². The fraction of sp³-hybridized carbons (Fsp3) is 0.381. The van der Waals surface area contributed by atoms with Crippen LogP contribution < -0.4 is 5.32 Å². The Bertz CT molecular complexity index is 1010. The Hall–Kier alpha value is -3.23. The Labute approximate surface area is 171 Å². The van der Waals surface area contributed by atoms with Crippen molar-refractivity contribution in [2.24, 2.45) is 0 Å². The van der Waals surface area contributed by atoms with E-state index >= 15 is 0 Å². The molecule has 7 nitrogen and oxygen atoms in total. The van der Waals surface area contributed by atoms with Gasteiger partial charge in [0.05, 0.1) is 24.1 Å². The van der Waals surface area contributed by atoms with Crippen LogP contribution >= 0.6 is 0 Å². The summed E-state index contributed by atoms with van der Waals surface area (Å²) < 4.78 is 26.9. The van der Waals surface area contributed by atoms with Crippen LogP contribution in [0.4, 0.5) is 13.6 Å². The maximum absolute atomic E-state index is 13.5. The number of amides is 3. The van der Waals surface area contributed by atoms with E-state index in [0.29, 0.717) is 11.3 Å². The second-order valence-corrected chi connectivity index (χ2v) is 7.81. The number of halogens is 2. The normalized spacial score (nSPS) is 19.8. The summed E-state index contributed by atoms with van der Waals surface area (Å²) >= 11 is 0. The highest BCUT2D eigenvalue weighted by atomic mass is 19.3. The molecule has 2 heterocycles. The molecule has 1 N–H and O–H groups in total. The fourth-order valence-corrected chi connectivity index (χ4v) is 3.87. The molecule has 0 radical (unpaired) electrons. The first-order valence-corrected chi connectivity index (χ1v) is 9.63. The average Bonchev–Trinajstić information content (AvgIpc) is 2.95. The molecule has 30 heavy (non-hydrogen) atoms. The van der Waals surface area contributed by atoms with Crippen molar-refractivity contribution >= 4 is 17.7 Å². The Morgan fingerprint density at radius 1 is 1.10 bits per heavy atom. The Morgan fingerprint density at radius 2 is 1.77 bits per heavy atom. The number of alkyl halides is 2. The van der Waals surface area contributed by atoms with Crippen molar-refractivity contribution < 1.29 is 23.2 Å². The van der Waals surface area contributed by atoms with Gasteiger partial charge in [-0.25, -0.2) is 18.6 Å². The summed E-state index contributed by atoms with van der Waals surface area (Å²) in [5.74, 6) is -3.86. The molecule has 1 aromatic carbocycles. The number of imide groups is 1. The van der Waals surface area contributed by atoms with E-state index in [0.717, 1.165) is 16.2 Å². The number of hydrogen-bond donors (Lipinski definition) is 1. The number of nitrogens with one attached hydrogen (secondary N) is 1. The molecule has 156 valence electrons. The molecule has 1 saturated heterocycles. The van der Waals surface area contributed by atoms with Crippen LogP contribution in [0.2, 0.25) is 0 Å². The van der Waals surface area contributed by atoms with E-state index in [1.54, 1.807) is 36.7 Å². The van der Waals surface area contributed by atoms with Gasteiger partial charge >= 0.3 is 6.03 Å². The smallest absolute Gasteiger partial charge is 0.323 e. The van der Waals surface area contributed by atoms with Gasteiger partial charge in [-0.2, -0.15) is 0 Å². The molecule has 3 amide bonds. The van der Waals surface area contributed by atoms with Gasteiger partial charge in [0.1, 0.15) is 5.54 Å². The third-order valence-electron chi connectivity index (χ3n) is 5.64. The van der Waals surface area contributed by atoms with Crippen molar-refractivity contribution in [1.29, 1.82) is 0 Å². The maximum atomic E-state index is 13.5. The molecule has 0 bridgehead atoms. The molecule has 1 aliphatic carbocycles. The molecule has 0 atom stereocenters. The molecule has 1 aliphatic heterocycles. The van der Waals surface area contributed by atoms with Crippen LogP contribution in [0.3, 0.4) is 0 Å². The third-order valence-corrected chi connectivity index (χ3v) is 5.64. The lowest BCUT2D eigenvalue weighted by molar-refractivity contribution is -0.135. The van der Waals surface area contributed by atoms with Crippen molar-refractivity contribution in [3.05, 3.63) is 47.9 Å². The lowest BCUT2D eigenvalue weighted by Gasteiger charge is -2.34. The Balaban J connectivity index is 1.46. The predicted molar refractivity (Wildman–Crippen MR) is 103 cm³/mol. The molecule has 1 aromatic heterocycles. The monoisotopic (exact) mass is 414 g/mol. The first-order chi connectivity index (χ1) is 14.2. The molecule has 1 saturated carbocycles. The van der Waals surface area contributed by atoms with Crippen LogP contribution in [-0.2, 0) is 4.79 Å². The summed E-state index contributed by atoms with van der Waals surface area (Å²) in [6.45, 7) is 1.39. The van der Waals surface area contributed by atoms with Gasteiger partial charge in [0.15, 0.2) is 5.78 Å². The first kappa shape index (κ1) is 20.1. The zero-order chi connectivity index (χ0) is 21.5. The molecule has 2 aliphatic rings. The van der Waals surface area contributed by atoms with Crippen molar-refractivity contribution in [2.45, 2.75) is 44.1 Å². The number of aromatic nitrogens is 2. The summed E-state index contributed by atoms with van der Waals surface area (Å²) in [5, 5.41) is 2.54. The van der Waals surface area contributed by atoms with Crippen LogP contribution in [0.5, 0.6) is 0 Å². The number of benzene rings is 1. The number of carbonyl (C=O) groups is 3. The first-order valence-electron chi connectivity index (χ1n) is 9.63. The number of aryl methyl sites for hydroxylation is 1. The van der Waals surface area contributed by atoms with E-state index in [2.05, 4.69) is 15.3 Å². The van der Waals surface area contributed by atoms with Crippen LogP contribution in [0.25, 0.3) is 11.3 Å². The predicted octanol–water partition coefficient (Wildman–Crippen LogP) is 3.13. The standard InChI is InChI=1S/C21H20F2N4O3/c1-13-10-24-11-16(25-13)14-2-4-15(5-3-14)17(28)12-27-18(29)20(26-19(27)30)6-8-21(22,23)9-7-20/h2-5,10-11H,6-9,12H2,1H3,(H,26,30). The quantitative estimate of drug-likeness (QED) is 0.613. The van der Waals surface area contributed by atoms with Gasteiger partial charge in [0.2, 0.25) is 5.92 Å². The lowest BCUT2D eigenvalue weighted by Crippen LogP contribution is -2.51. The van der Waals surface area contributed by atoms with Crippen LogP contribution in [0, 0.1) is 6.92 Å². The van der Waals surface area contributed by atoms with Gasteiger partial charge < -0.3 is 5.32 Å². The molecule has 2 aromatic rings. The highest BCUT2D eigenvalue weighted by Crippen LogP contribution is 2.41. The second kappa shape index (κ2) is 7.23. The largest absolute Gasteiger partial charge is 0.325 e. The summed E-state index contributed by atoms with van der Waals surface area (Å²) in [5.41, 5.74) is 1.21. The number of urea groups is 1. The van der Waals surface area contributed by atoms with Crippen LogP contribution in [0.15, 0.2) is 36.7 Å². The van der Waals surface area contributed by atoms with E-state index in [4.69, 9.17) is 0 Å². The topological polar surface area (TPSA) is 92.3 Å². The van der Waals surface area contributed by atoms with Gasteiger partial charge in [0.25, 0.3) is 5.91 Å². The average molecular weight is 414 g/mol. The highest BCUT2D eigenvalue weighted by molar-refractivity contribution is 6.11. The van der Waals surface area contributed by atoms with E-state index in [1.165, 1.54) is 0 Å². The van der Waals surface area contributed by atoms with Gasteiger partial charge in [-0.1, -0.05) is 24.3 Å². The van der Waals surface area contributed by atoms with Crippen LogP contribution in [0.1, 0.15) is 41.7 Å². The summed E-state index contributed by atoms with van der Waals surface area (Å²) in [6, 6.07) is 5.90. The number of carbonyl (C=O) groups excluding carboxylic acids is 3. The number of rotatable bonds is 4. The molecular weight excluding hydrogens is 394 g/mol. The number of nitrogens with zero attached hydrogens (tertiary/aromatic N) is 3. The summed E-state index contributed by atoms with van der Waals surface area (Å²) in [6.07, 6.45) is 2.04. The van der Waals surface area contributed by atoms with Crippen molar-refractivity contribution in [3.63, 3.8) is 0 Å².